The number of nitrogens with one attached hydrogen (secondary N) is 1. The molecule has 0 fully saturated rings. The average Bonchev–Trinajstić information content (AvgIpc) is 2.76. The number of halogens is 1. The smallest absolute Gasteiger partial charge is 0.0931 e. The van der Waals surface area contributed by atoms with Gasteiger partial charge in [-0.25, -0.2) is 0 Å². The molecule has 18 heavy (non-hydrogen) atoms. The van der Waals surface area contributed by atoms with Crippen LogP contribution >= 0.6 is 22.9 Å². The Morgan fingerprint density at radius 2 is 2.17 bits per heavy atom. The second-order valence-electron chi connectivity index (χ2n) is 5.15. The van der Waals surface area contributed by atoms with Crippen LogP contribution in [0.1, 0.15) is 51.0 Å². The monoisotopic (exact) mass is 289 g/mol. The first-order valence-corrected chi connectivity index (χ1v) is 7.71. The molecule has 0 aliphatic carbocycles. The van der Waals surface area contributed by atoms with Gasteiger partial charge >= 0.3 is 0 Å². The minimum Gasteiger partial charge on any atom is -0.379 e. The first-order valence-electron chi connectivity index (χ1n) is 6.52. The van der Waals surface area contributed by atoms with E-state index in [0.717, 1.165) is 30.1 Å². The number of rotatable bonds is 8. The minimum absolute atomic E-state index is 0.0623. The molecule has 1 aromatic rings. The van der Waals surface area contributed by atoms with Gasteiger partial charge in [-0.15, -0.1) is 11.3 Å². The summed E-state index contributed by atoms with van der Waals surface area (Å²) < 4.78 is 6.34. The lowest BCUT2D eigenvalue weighted by atomic mass is 9.98. The molecular formula is C14H24ClNOS. The maximum absolute atomic E-state index is 6.02. The summed E-state index contributed by atoms with van der Waals surface area (Å²) in [4.78, 5) is 1.32. The minimum atomic E-state index is -0.0623. The molecule has 2 nitrogen and oxygen atoms in total. The van der Waals surface area contributed by atoms with Gasteiger partial charge in [0.15, 0.2) is 0 Å². The van der Waals surface area contributed by atoms with Gasteiger partial charge in [-0.3, -0.25) is 0 Å². The van der Waals surface area contributed by atoms with Crippen LogP contribution in [0.2, 0.25) is 4.34 Å². The molecule has 1 N–H and O–H groups in total. The van der Waals surface area contributed by atoms with E-state index in [4.69, 9.17) is 16.3 Å². The van der Waals surface area contributed by atoms with E-state index >= 15 is 0 Å². The van der Waals surface area contributed by atoms with Gasteiger partial charge in [0.2, 0.25) is 0 Å². The third-order valence-electron chi connectivity index (χ3n) is 3.17. The Balaban J connectivity index is 2.61. The summed E-state index contributed by atoms with van der Waals surface area (Å²) in [5.41, 5.74) is -0.0623. The molecule has 0 aromatic carbocycles. The number of hydrogen-bond acceptors (Lipinski definition) is 3. The van der Waals surface area contributed by atoms with Crippen LogP contribution in [0.25, 0.3) is 0 Å². The Bertz CT molecular complexity index is 351. The van der Waals surface area contributed by atoms with Gasteiger partial charge in [0.1, 0.15) is 0 Å². The highest BCUT2D eigenvalue weighted by Gasteiger charge is 2.20. The Hall–Kier alpha value is -0.0900. The summed E-state index contributed by atoms with van der Waals surface area (Å²) in [6.45, 7) is 7.48. The van der Waals surface area contributed by atoms with Gasteiger partial charge in [0.05, 0.1) is 9.94 Å². The van der Waals surface area contributed by atoms with Crippen molar-refractivity contribution in [1.82, 2.24) is 5.32 Å². The highest BCUT2D eigenvalue weighted by atomic mass is 35.5. The highest BCUT2D eigenvalue weighted by Crippen LogP contribution is 2.31. The SMILES string of the molecule is CCCNC(CCC(C)(C)OC)c1ccc(Cl)s1. The maximum Gasteiger partial charge on any atom is 0.0931 e. The summed E-state index contributed by atoms with van der Waals surface area (Å²) in [7, 11) is 1.77. The van der Waals surface area contributed by atoms with Crippen molar-refractivity contribution in [3.05, 3.63) is 21.3 Å². The summed E-state index contributed by atoms with van der Waals surface area (Å²) in [6.07, 6.45) is 3.24. The lowest BCUT2D eigenvalue weighted by molar-refractivity contribution is 0.0117. The van der Waals surface area contributed by atoms with Crippen LogP contribution in [0.5, 0.6) is 0 Å². The molecule has 0 spiro atoms. The Kier molecular flexibility index (Phi) is 6.64. The number of thiophene rings is 1. The van der Waals surface area contributed by atoms with Gasteiger partial charge in [-0.1, -0.05) is 18.5 Å². The fourth-order valence-electron chi connectivity index (χ4n) is 1.77. The number of methoxy groups -OCH3 is 1. The zero-order valence-corrected chi connectivity index (χ0v) is 13.3. The zero-order valence-electron chi connectivity index (χ0n) is 11.8. The van der Waals surface area contributed by atoms with Gasteiger partial charge in [0, 0.05) is 18.0 Å². The van der Waals surface area contributed by atoms with Crippen LogP contribution in [0, 0.1) is 0 Å². The van der Waals surface area contributed by atoms with Gasteiger partial charge in [-0.2, -0.15) is 0 Å². The topological polar surface area (TPSA) is 21.3 Å². The largest absolute Gasteiger partial charge is 0.379 e. The van der Waals surface area contributed by atoms with E-state index < -0.39 is 0 Å². The molecule has 1 heterocycles. The molecule has 0 aliphatic rings. The quantitative estimate of drug-likeness (QED) is 0.752. The molecule has 0 saturated carbocycles. The van der Waals surface area contributed by atoms with E-state index in [0.29, 0.717) is 6.04 Å². The Morgan fingerprint density at radius 3 is 2.67 bits per heavy atom. The van der Waals surface area contributed by atoms with E-state index in [1.54, 1.807) is 18.4 Å². The average molecular weight is 290 g/mol. The number of hydrogen-bond donors (Lipinski definition) is 1. The van der Waals surface area contributed by atoms with Crippen molar-refractivity contribution in [2.75, 3.05) is 13.7 Å². The summed E-state index contributed by atoms with van der Waals surface area (Å²) in [5, 5.41) is 3.59. The van der Waals surface area contributed by atoms with Crippen LogP contribution in [-0.2, 0) is 4.74 Å². The van der Waals surface area contributed by atoms with E-state index in [1.165, 1.54) is 4.88 Å². The Labute approximate surface area is 120 Å². The van der Waals surface area contributed by atoms with Crippen molar-refractivity contribution in [3.8, 4) is 0 Å². The molecule has 0 amide bonds. The van der Waals surface area contributed by atoms with E-state index in [1.807, 2.05) is 6.07 Å². The van der Waals surface area contributed by atoms with Crippen molar-refractivity contribution in [2.45, 2.75) is 51.7 Å². The first-order chi connectivity index (χ1) is 8.48. The summed E-state index contributed by atoms with van der Waals surface area (Å²) in [6, 6.07) is 4.49. The normalized spacial score (nSPS) is 13.8. The van der Waals surface area contributed by atoms with Crippen molar-refractivity contribution in [1.29, 1.82) is 0 Å². The molecule has 1 unspecified atom stereocenters. The van der Waals surface area contributed by atoms with Crippen LogP contribution < -0.4 is 5.32 Å². The van der Waals surface area contributed by atoms with Crippen LogP contribution in [0.15, 0.2) is 12.1 Å². The molecule has 1 rings (SSSR count). The highest BCUT2D eigenvalue weighted by molar-refractivity contribution is 7.16. The van der Waals surface area contributed by atoms with Crippen molar-refractivity contribution >= 4 is 22.9 Å². The molecule has 1 atom stereocenters. The van der Waals surface area contributed by atoms with E-state index in [2.05, 4.69) is 32.2 Å². The molecule has 0 bridgehead atoms. The lowest BCUT2D eigenvalue weighted by Gasteiger charge is -2.26. The molecule has 1 aromatic heterocycles. The maximum atomic E-state index is 6.02. The fourth-order valence-corrected chi connectivity index (χ4v) is 2.94. The molecule has 0 radical (unpaired) electrons. The third kappa shape index (κ3) is 5.27. The number of ether oxygens (including phenoxy) is 1. The fraction of sp³-hybridized carbons (Fsp3) is 0.714. The zero-order chi connectivity index (χ0) is 13.6. The molecule has 0 aliphatic heterocycles. The molecule has 4 heteroatoms. The molecule has 0 saturated heterocycles. The van der Waals surface area contributed by atoms with Gasteiger partial charge < -0.3 is 10.1 Å². The molecule has 104 valence electrons. The van der Waals surface area contributed by atoms with Crippen LogP contribution in [0.3, 0.4) is 0 Å². The van der Waals surface area contributed by atoms with Crippen molar-refractivity contribution in [2.24, 2.45) is 0 Å². The van der Waals surface area contributed by atoms with Crippen LogP contribution in [-0.4, -0.2) is 19.3 Å². The van der Waals surface area contributed by atoms with Gasteiger partial charge in [-0.05, 0) is 51.8 Å². The van der Waals surface area contributed by atoms with Crippen molar-refractivity contribution < 1.29 is 4.74 Å². The predicted molar refractivity (Wildman–Crippen MR) is 80.7 cm³/mol. The van der Waals surface area contributed by atoms with Crippen LogP contribution in [0.4, 0.5) is 0 Å². The van der Waals surface area contributed by atoms with Gasteiger partial charge in [0.25, 0.3) is 0 Å². The van der Waals surface area contributed by atoms with Crippen molar-refractivity contribution in [3.63, 3.8) is 0 Å². The predicted octanol–water partition coefficient (Wildman–Crippen LogP) is 4.65. The first kappa shape index (κ1) is 16.0. The molecular weight excluding hydrogens is 266 g/mol. The summed E-state index contributed by atoms with van der Waals surface area (Å²) in [5.74, 6) is 0. The summed E-state index contributed by atoms with van der Waals surface area (Å²) >= 11 is 7.69. The third-order valence-corrected chi connectivity index (χ3v) is 4.51. The van der Waals surface area contributed by atoms with E-state index in [9.17, 15) is 0 Å². The standard InChI is InChI=1S/C14H24ClNOS/c1-5-10-16-11(8-9-14(2,3)17-4)12-6-7-13(15)18-12/h6-7,11,16H,5,8-10H2,1-4H3. The second kappa shape index (κ2) is 7.49. The second-order valence-corrected chi connectivity index (χ2v) is 6.90. The van der Waals surface area contributed by atoms with E-state index in [-0.39, 0.29) is 5.60 Å². The lowest BCUT2D eigenvalue weighted by Crippen LogP contribution is -2.27. The Morgan fingerprint density at radius 1 is 1.44 bits per heavy atom.